The standard InChI is InChI=1S/C6H5BrI/c7-5-2-1-3-6(8)4-5/h1-3H,4H2. The Morgan fingerprint density at radius 2 is 2.38 bits per heavy atom. The summed E-state index contributed by atoms with van der Waals surface area (Å²) < 4.78 is 2.65. The summed E-state index contributed by atoms with van der Waals surface area (Å²) in [7, 11) is 0. The minimum absolute atomic E-state index is 1.07. The molecule has 0 fully saturated rings. The normalized spacial score (nSPS) is 21.0. The van der Waals surface area contributed by atoms with E-state index in [0.29, 0.717) is 0 Å². The van der Waals surface area contributed by atoms with Gasteiger partial charge in [-0.25, -0.2) is 0 Å². The largest absolute Gasteiger partial charge is 0.0721 e. The van der Waals surface area contributed by atoms with Crippen molar-refractivity contribution in [2.45, 2.75) is 6.42 Å². The molecule has 0 aromatic rings. The zero-order valence-electron chi connectivity index (χ0n) is 4.20. The summed E-state index contributed by atoms with van der Waals surface area (Å²) in [6.07, 6.45) is 7.31. The first-order valence-electron chi connectivity index (χ1n) is 2.33. The van der Waals surface area contributed by atoms with Gasteiger partial charge in [0.25, 0.3) is 0 Å². The molecule has 8 heavy (non-hydrogen) atoms. The quantitative estimate of drug-likeness (QED) is 0.599. The highest BCUT2D eigenvalue weighted by atomic mass is 127. The van der Waals surface area contributed by atoms with Crippen LogP contribution in [-0.4, -0.2) is 0 Å². The summed E-state index contributed by atoms with van der Waals surface area (Å²) in [5.74, 6) is 0. The first kappa shape index (κ1) is 6.81. The Morgan fingerprint density at radius 3 is 2.75 bits per heavy atom. The van der Waals surface area contributed by atoms with Crippen LogP contribution in [0, 0.1) is 3.92 Å². The predicted octanol–water partition coefficient (Wildman–Crippen LogP) is 3.19. The highest BCUT2D eigenvalue weighted by molar-refractivity contribution is 14.1. The van der Waals surface area contributed by atoms with Gasteiger partial charge >= 0.3 is 0 Å². The Bertz CT molecular complexity index is 137. The van der Waals surface area contributed by atoms with E-state index in [1.165, 1.54) is 8.41 Å². The van der Waals surface area contributed by atoms with Crippen molar-refractivity contribution in [2.24, 2.45) is 0 Å². The lowest BCUT2D eigenvalue weighted by atomic mass is 10.2. The molecule has 1 radical (unpaired) electrons. The molecule has 43 valence electrons. The van der Waals surface area contributed by atoms with Crippen molar-refractivity contribution in [1.82, 2.24) is 0 Å². The molecule has 0 nitrogen and oxygen atoms in total. The highest BCUT2D eigenvalue weighted by Crippen LogP contribution is 2.28. The molecule has 1 aliphatic carbocycles. The fourth-order valence-electron chi connectivity index (χ4n) is 0.536. The van der Waals surface area contributed by atoms with Crippen LogP contribution in [-0.2, 0) is 0 Å². The number of allylic oxidation sites excluding steroid dienone is 4. The average Bonchev–Trinajstić information content (AvgIpc) is 1.64. The molecule has 0 spiro atoms. The van der Waals surface area contributed by atoms with Crippen LogP contribution in [0.25, 0.3) is 0 Å². The zero-order valence-corrected chi connectivity index (χ0v) is 7.94. The van der Waals surface area contributed by atoms with Crippen molar-refractivity contribution >= 4 is 38.5 Å². The van der Waals surface area contributed by atoms with Crippen molar-refractivity contribution in [2.75, 3.05) is 0 Å². The second-order valence-electron chi connectivity index (χ2n) is 1.60. The van der Waals surface area contributed by atoms with Crippen molar-refractivity contribution in [1.29, 1.82) is 0 Å². The predicted molar refractivity (Wildman–Crippen MR) is 48.0 cm³/mol. The van der Waals surface area contributed by atoms with E-state index in [-0.39, 0.29) is 0 Å². The third kappa shape index (κ3) is 1.90. The summed E-state index contributed by atoms with van der Waals surface area (Å²) in [5, 5.41) is 0. The van der Waals surface area contributed by atoms with Gasteiger partial charge in [-0.3, -0.25) is 0 Å². The molecule has 0 N–H and O–H groups in total. The van der Waals surface area contributed by atoms with Crippen LogP contribution in [0.1, 0.15) is 6.42 Å². The minimum Gasteiger partial charge on any atom is -0.0721 e. The number of hydrogen-bond donors (Lipinski definition) is 0. The molecule has 0 saturated heterocycles. The van der Waals surface area contributed by atoms with Crippen LogP contribution >= 0.6 is 38.5 Å². The van der Waals surface area contributed by atoms with Crippen LogP contribution in [0.4, 0.5) is 0 Å². The van der Waals surface area contributed by atoms with Crippen LogP contribution < -0.4 is 0 Å². The molecule has 0 heterocycles. The smallest absolute Gasteiger partial charge is 0.0633 e. The van der Waals surface area contributed by atoms with Crippen molar-refractivity contribution < 1.29 is 0 Å². The summed E-state index contributed by atoms with van der Waals surface area (Å²) in [6.45, 7) is 0. The molecule has 0 bridgehead atoms. The maximum absolute atomic E-state index is 3.41. The van der Waals surface area contributed by atoms with Crippen LogP contribution in [0.15, 0.2) is 22.7 Å². The molecule has 0 saturated carbocycles. The highest BCUT2D eigenvalue weighted by Gasteiger charge is 2.04. The molecular weight excluding hydrogens is 279 g/mol. The van der Waals surface area contributed by atoms with E-state index in [4.69, 9.17) is 0 Å². The van der Waals surface area contributed by atoms with Gasteiger partial charge in [-0.1, -0.05) is 56.7 Å². The molecule has 0 amide bonds. The summed E-state index contributed by atoms with van der Waals surface area (Å²) >= 11 is 5.74. The molecule has 2 heteroatoms. The molecule has 0 aliphatic heterocycles. The van der Waals surface area contributed by atoms with Crippen LogP contribution in [0.3, 0.4) is 0 Å². The van der Waals surface area contributed by atoms with Gasteiger partial charge in [0, 0.05) is 0 Å². The number of halogens is 2. The van der Waals surface area contributed by atoms with E-state index < -0.39 is 0 Å². The van der Waals surface area contributed by atoms with Crippen molar-refractivity contribution in [3.8, 4) is 0 Å². The van der Waals surface area contributed by atoms with E-state index in [1.807, 2.05) is 0 Å². The lowest BCUT2D eigenvalue weighted by Crippen LogP contribution is -1.85. The maximum Gasteiger partial charge on any atom is 0.0633 e. The molecule has 0 aromatic heterocycles. The van der Waals surface area contributed by atoms with Gasteiger partial charge in [0.15, 0.2) is 0 Å². The summed E-state index contributed by atoms with van der Waals surface area (Å²) in [5.41, 5.74) is 0. The molecule has 1 aliphatic rings. The Kier molecular flexibility index (Phi) is 2.56. The van der Waals surface area contributed by atoms with Crippen LogP contribution in [0.5, 0.6) is 0 Å². The second kappa shape index (κ2) is 3.01. The third-order valence-corrected chi connectivity index (χ3v) is 2.18. The maximum atomic E-state index is 3.41. The molecule has 0 unspecified atom stereocenters. The van der Waals surface area contributed by atoms with Gasteiger partial charge < -0.3 is 0 Å². The van der Waals surface area contributed by atoms with Gasteiger partial charge in [0.05, 0.1) is 3.92 Å². The molecule has 0 atom stereocenters. The van der Waals surface area contributed by atoms with Gasteiger partial charge in [0.2, 0.25) is 0 Å². The van der Waals surface area contributed by atoms with E-state index in [1.54, 1.807) is 0 Å². The third-order valence-electron chi connectivity index (χ3n) is 0.892. The Labute approximate surface area is 71.3 Å². The Hall–Kier alpha value is 0.690. The first-order chi connectivity index (χ1) is 3.79. The fraction of sp³-hybridized carbons (Fsp3) is 0.167. The van der Waals surface area contributed by atoms with Crippen LogP contribution in [0.2, 0.25) is 0 Å². The Morgan fingerprint density at radius 1 is 1.62 bits per heavy atom. The van der Waals surface area contributed by atoms with E-state index in [9.17, 15) is 0 Å². The topological polar surface area (TPSA) is 0 Å². The van der Waals surface area contributed by atoms with E-state index in [0.717, 1.165) is 6.42 Å². The lowest BCUT2D eigenvalue weighted by molar-refractivity contribution is 1.23. The molecule has 0 aromatic carbocycles. The summed E-state index contributed by atoms with van der Waals surface area (Å²) in [4.78, 5) is 0. The second-order valence-corrected chi connectivity index (χ2v) is 4.00. The molecule has 1 rings (SSSR count). The average molecular weight is 284 g/mol. The van der Waals surface area contributed by atoms with Crippen molar-refractivity contribution in [3.05, 3.63) is 26.6 Å². The zero-order chi connectivity index (χ0) is 5.98. The molecular formula is C6H5BrI. The number of hydrogen-bond acceptors (Lipinski definition) is 0. The Balaban J connectivity index is 2.59. The fourth-order valence-corrected chi connectivity index (χ4v) is 2.13. The van der Waals surface area contributed by atoms with E-state index in [2.05, 4.69) is 56.7 Å². The van der Waals surface area contributed by atoms with Gasteiger partial charge in [-0.2, -0.15) is 0 Å². The van der Waals surface area contributed by atoms with Gasteiger partial charge in [-0.15, -0.1) is 0 Å². The lowest BCUT2D eigenvalue weighted by Gasteiger charge is -2.04. The summed E-state index contributed by atoms with van der Waals surface area (Å²) in [6, 6.07) is 0. The number of rotatable bonds is 0. The van der Waals surface area contributed by atoms with E-state index >= 15 is 0 Å². The first-order valence-corrected chi connectivity index (χ1v) is 4.20. The van der Waals surface area contributed by atoms with Crippen molar-refractivity contribution in [3.63, 3.8) is 0 Å². The minimum atomic E-state index is 1.07. The van der Waals surface area contributed by atoms with Gasteiger partial charge in [-0.05, 0) is 10.9 Å². The van der Waals surface area contributed by atoms with Gasteiger partial charge in [0.1, 0.15) is 0 Å². The monoisotopic (exact) mass is 283 g/mol. The SMILES string of the molecule is BrC1=CC=C[C](I)C1.